The number of amides is 1. The summed E-state index contributed by atoms with van der Waals surface area (Å²) in [6, 6.07) is -1.34. The molecule has 0 aliphatic heterocycles. The van der Waals surface area contributed by atoms with Gasteiger partial charge in [-0.3, -0.25) is 14.4 Å². The number of aliphatic carboxylic acids is 2. The first-order chi connectivity index (χ1) is 8.90. The minimum atomic E-state index is -1.35. The van der Waals surface area contributed by atoms with Crippen molar-refractivity contribution in [3.8, 4) is 0 Å². The molecule has 1 heterocycles. The first-order valence-corrected chi connectivity index (χ1v) is 5.20. The zero-order chi connectivity index (χ0) is 14.4. The number of nitrogens with zero attached hydrogens (tertiary/aromatic N) is 1. The summed E-state index contributed by atoms with van der Waals surface area (Å²) >= 11 is 0. The third kappa shape index (κ3) is 4.58. The van der Waals surface area contributed by atoms with Gasteiger partial charge in [0, 0.05) is 12.6 Å². The van der Waals surface area contributed by atoms with E-state index >= 15 is 0 Å². The van der Waals surface area contributed by atoms with Crippen LogP contribution in [0.5, 0.6) is 0 Å². The molecule has 1 unspecified atom stereocenters. The fourth-order valence-corrected chi connectivity index (χ4v) is 1.22. The molecule has 0 saturated carbocycles. The molecule has 0 saturated heterocycles. The Hall–Kier alpha value is -2.71. The van der Waals surface area contributed by atoms with E-state index < -0.39 is 35.9 Å². The van der Waals surface area contributed by atoms with Gasteiger partial charge in [0.25, 0.3) is 11.5 Å². The van der Waals surface area contributed by atoms with Gasteiger partial charge in [0.15, 0.2) is 0 Å². The van der Waals surface area contributed by atoms with E-state index in [1.165, 1.54) is 0 Å². The average molecular weight is 269 g/mol. The fourth-order valence-electron chi connectivity index (χ4n) is 1.22. The maximum atomic E-state index is 11.6. The number of nitrogens with one attached hydrogen (secondary N) is 2. The number of aromatic nitrogens is 2. The summed E-state index contributed by atoms with van der Waals surface area (Å²) in [4.78, 5) is 49.3. The van der Waals surface area contributed by atoms with E-state index in [2.05, 4.69) is 15.3 Å². The van der Waals surface area contributed by atoms with Gasteiger partial charge in [-0.2, -0.15) is 0 Å². The number of aromatic amines is 1. The minimum absolute atomic E-state index is 0.166. The predicted octanol–water partition coefficient (Wildman–Crippen LogP) is -1.18. The molecule has 9 nitrogen and oxygen atoms in total. The second kappa shape index (κ2) is 6.28. The van der Waals surface area contributed by atoms with Gasteiger partial charge in [-0.15, -0.1) is 0 Å². The number of carboxylic acid groups (broad SMARTS) is 2. The van der Waals surface area contributed by atoms with Crippen molar-refractivity contribution in [1.82, 2.24) is 15.3 Å². The lowest BCUT2D eigenvalue weighted by molar-refractivity contribution is -0.140. The normalized spacial score (nSPS) is 11.6. The Morgan fingerprint density at radius 1 is 1.37 bits per heavy atom. The van der Waals surface area contributed by atoms with Crippen molar-refractivity contribution in [2.45, 2.75) is 18.9 Å². The van der Waals surface area contributed by atoms with Crippen molar-refractivity contribution in [3.63, 3.8) is 0 Å². The van der Waals surface area contributed by atoms with Crippen LogP contribution in [0, 0.1) is 0 Å². The molecular weight excluding hydrogens is 258 g/mol. The number of carbonyl (C=O) groups excluding carboxylic acids is 1. The molecular formula is C10H11N3O6. The summed E-state index contributed by atoms with van der Waals surface area (Å²) in [5.74, 6) is -3.32. The van der Waals surface area contributed by atoms with Gasteiger partial charge < -0.3 is 20.5 Å². The highest BCUT2D eigenvalue weighted by molar-refractivity contribution is 5.94. The van der Waals surface area contributed by atoms with Crippen molar-refractivity contribution in [3.05, 3.63) is 28.4 Å². The number of H-pyrrole nitrogens is 1. The molecule has 0 radical (unpaired) electrons. The van der Waals surface area contributed by atoms with Gasteiger partial charge in [0.1, 0.15) is 11.7 Å². The summed E-state index contributed by atoms with van der Waals surface area (Å²) in [7, 11) is 0. The number of carbonyl (C=O) groups is 3. The van der Waals surface area contributed by atoms with Crippen molar-refractivity contribution in [1.29, 1.82) is 0 Å². The van der Waals surface area contributed by atoms with Crippen LogP contribution in [0.15, 0.2) is 17.2 Å². The van der Waals surface area contributed by atoms with Crippen molar-refractivity contribution < 1.29 is 24.6 Å². The zero-order valence-electron chi connectivity index (χ0n) is 9.62. The number of carboxylic acids is 2. The van der Waals surface area contributed by atoms with E-state index in [1.807, 2.05) is 0 Å². The van der Waals surface area contributed by atoms with E-state index in [1.54, 1.807) is 0 Å². The first-order valence-electron chi connectivity index (χ1n) is 5.20. The Morgan fingerprint density at radius 2 is 2.05 bits per heavy atom. The Labute approximate surface area is 106 Å². The molecule has 0 aliphatic carbocycles. The van der Waals surface area contributed by atoms with Crippen LogP contribution in [0.1, 0.15) is 23.3 Å². The topological polar surface area (TPSA) is 149 Å². The molecule has 0 aliphatic rings. The quantitative estimate of drug-likeness (QED) is 0.507. The van der Waals surface area contributed by atoms with Crippen LogP contribution in [0.25, 0.3) is 0 Å². The third-order valence-corrected chi connectivity index (χ3v) is 2.15. The predicted molar refractivity (Wildman–Crippen MR) is 60.6 cm³/mol. The van der Waals surface area contributed by atoms with E-state index in [9.17, 15) is 19.2 Å². The molecule has 4 N–H and O–H groups in total. The number of hydrogen-bond acceptors (Lipinski definition) is 5. The summed E-state index contributed by atoms with van der Waals surface area (Å²) in [6.45, 7) is 0. The monoisotopic (exact) mass is 269 g/mol. The summed E-state index contributed by atoms with van der Waals surface area (Å²) in [5, 5.41) is 19.4. The lowest BCUT2D eigenvalue weighted by Crippen LogP contribution is -2.41. The number of hydrogen-bond donors (Lipinski definition) is 4. The van der Waals surface area contributed by atoms with E-state index in [0.717, 1.165) is 12.4 Å². The molecule has 1 aromatic heterocycles. The molecule has 102 valence electrons. The lowest BCUT2D eigenvalue weighted by atomic mass is 10.1. The number of rotatable bonds is 6. The van der Waals surface area contributed by atoms with Crippen molar-refractivity contribution >= 4 is 17.8 Å². The Balaban J connectivity index is 2.70. The largest absolute Gasteiger partial charge is 0.481 e. The van der Waals surface area contributed by atoms with E-state index in [-0.39, 0.29) is 12.1 Å². The summed E-state index contributed by atoms with van der Waals surface area (Å²) in [6.07, 6.45) is 1.27. The van der Waals surface area contributed by atoms with E-state index in [4.69, 9.17) is 10.2 Å². The van der Waals surface area contributed by atoms with Crippen LogP contribution >= 0.6 is 0 Å². The van der Waals surface area contributed by atoms with Gasteiger partial charge in [0.05, 0.1) is 6.20 Å². The van der Waals surface area contributed by atoms with Crippen molar-refractivity contribution in [2.75, 3.05) is 0 Å². The highest BCUT2D eigenvalue weighted by Crippen LogP contribution is 2.00. The molecule has 9 heteroatoms. The molecule has 1 atom stereocenters. The Kier molecular flexibility index (Phi) is 4.75. The van der Waals surface area contributed by atoms with Gasteiger partial charge >= 0.3 is 11.9 Å². The average Bonchev–Trinajstić information content (AvgIpc) is 2.34. The van der Waals surface area contributed by atoms with Crippen LogP contribution in [0.3, 0.4) is 0 Å². The zero-order valence-corrected chi connectivity index (χ0v) is 9.62. The van der Waals surface area contributed by atoms with E-state index in [0.29, 0.717) is 0 Å². The summed E-state index contributed by atoms with van der Waals surface area (Å²) < 4.78 is 0. The third-order valence-electron chi connectivity index (χ3n) is 2.15. The standard InChI is InChI=1S/C10H11N3O6/c14-7-4-11-6(3-12-7)9(17)13-5(10(18)19)1-2-8(15)16/h3-5H,1-2H2,(H,12,14)(H,13,17)(H,15,16)(H,18,19). The molecule has 1 rings (SSSR count). The molecule has 19 heavy (non-hydrogen) atoms. The van der Waals surface area contributed by atoms with Crippen LogP contribution in [-0.4, -0.2) is 44.1 Å². The molecule has 0 spiro atoms. The maximum Gasteiger partial charge on any atom is 0.326 e. The van der Waals surface area contributed by atoms with Crippen LogP contribution in [0.2, 0.25) is 0 Å². The van der Waals surface area contributed by atoms with Gasteiger partial charge in [0.2, 0.25) is 0 Å². The highest BCUT2D eigenvalue weighted by atomic mass is 16.4. The van der Waals surface area contributed by atoms with Crippen LogP contribution < -0.4 is 10.9 Å². The fraction of sp³-hybridized carbons (Fsp3) is 0.300. The first kappa shape index (κ1) is 14.4. The van der Waals surface area contributed by atoms with Crippen molar-refractivity contribution in [2.24, 2.45) is 0 Å². The van der Waals surface area contributed by atoms with Gasteiger partial charge in [-0.1, -0.05) is 0 Å². The molecule has 0 aromatic carbocycles. The van der Waals surface area contributed by atoms with Crippen LogP contribution in [0.4, 0.5) is 0 Å². The smallest absolute Gasteiger partial charge is 0.326 e. The van der Waals surface area contributed by atoms with Crippen LogP contribution in [-0.2, 0) is 9.59 Å². The molecule has 1 amide bonds. The minimum Gasteiger partial charge on any atom is -0.481 e. The SMILES string of the molecule is O=C(O)CCC(NC(=O)c1c[nH]c(=O)cn1)C(=O)O. The van der Waals surface area contributed by atoms with Gasteiger partial charge in [-0.25, -0.2) is 9.78 Å². The maximum absolute atomic E-state index is 11.6. The molecule has 0 fully saturated rings. The second-order valence-electron chi connectivity index (χ2n) is 3.59. The lowest BCUT2D eigenvalue weighted by Gasteiger charge is -2.12. The summed E-state index contributed by atoms with van der Waals surface area (Å²) in [5.41, 5.74) is -0.668. The molecule has 0 bridgehead atoms. The second-order valence-corrected chi connectivity index (χ2v) is 3.59. The molecule has 1 aromatic rings. The Bertz CT molecular complexity index is 532. The van der Waals surface area contributed by atoms with Gasteiger partial charge in [-0.05, 0) is 6.42 Å². The Morgan fingerprint density at radius 3 is 2.53 bits per heavy atom. The highest BCUT2D eigenvalue weighted by Gasteiger charge is 2.22.